The lowest BCUT2D eigenvalue weighted by Crippen LogP contribution is -2.25. The molecule has 1 saturated heterocycles. The van der Waals surface area contributed by atoms with Crippen molar-refractivity contribution in [2.24, 2.45) is 0 Å². The van der Waals surface area contributed by atoms with E-state index < -0.39 is 22.2 Å². The summed E-state index contributed by atoms with van der Waals surface area (Å²) < 4.78 is 37.0. The van der Waals surface area contributed by atoms with Gasteiger partial charge in [0, 0.05) is 0 Å². The lowest BCUT2D eigenvalue weighted by molar-refractivity contribution is -0.166. The molecule has 0 aromatic rings. The topological polar surface area (TPSA) is 61.8 Å². The Morgan fingerprint density at radius 1 is 1.54 bits per heavy atom. The highest BCUT2D eigenvalue weighted by atomic mass is 32.2. The van der Waals surface area contributed by atoms with Crippen LogP contribution in [0.1, 0.15) is 20.8 Å². The van der Waals surface area contributed by atoms with E-state index in [-0.39, 0.29) is 12.4 Å². The molecule has 6 heteroatoms. The van der Waals surface area contributed by atoms with Crippen LogP contribution in [0.15, 0.2) is 0 Å². The fourth-order valence-electron chi connectivity index (χ4n) is 0.932. The molecule has 13 heavy (non-hydrogen) atoms. The SMILES string of the molecule is CCS(=O)(=O)OC1COC(C)(C)O1. The second-order valence-electron chi connectivity index (χ2n) is 3.20. The van der Waals surface area contributed by atoms with Crippen LogP contribution in [-0.2, 0) is 23.8 Å². The summed E-state index contributed by atoms with van der Waals surface area (Å²) in [5, 5.41) is 0. The second-order valence-corrected chi connectivity index (χ2v) is 5.09. The van der Waals surface area contributed by atoms with Crippen LogP contribution >= 0.6 is 0 Å². The summed E-state index contributed by atoms with van der Waals surface area (Å²) >= 11 is 0. The second kappa shape index (κ2) is 3.53. The van der Waals surface area contributed by atoms with Crippen LogP contribution in [0.25, 0.3) is 0 Å². The first-order valence-electron chi connectivity index (χ1n) is 4.07. The molecule has 0 amide bonds. The quantitative estimate of drug-likeness (QED) is 0.633. The zero-order chi connectivity index (χ0) is 10.1. The standard InChI is InChI=1S/C7H14O5S/c1-4-13(8,9)12-6-5-10-7(2,3)11-6/h6H,4-5H2,1-3H3. The van der Waals surface area contributed by atoms with E-state index in [9.17, 15) is 8.42 Å². The normalized spacial score (nSPS) is 27.8. The van der Waals surface area contributed by atoms with E-state index in [4.69, 9.17) is 13.7 Å². The molecule has 1 atom stereocenters. The molecule has 1 aliphatic rings. The molecule has 0 N–H and O–H groups in total. The molecule has 0 aromatic carbocycles. The highest BCUT2D eigenvalue weighted by Crippen LogP contribution is 2.23. The third-order valence-electron chi connectivity index (χ3n) is 1.59. The Hall–Kier alpha value is -0.170. The molecule has 1 rings (SSSR count). The van der Waals surface area contributed by atoms with Gasteiger partial charge in [0.1, 0.15) is 6.61 Å². The maximum atomic E-state index is 11.0. The van der Waals surface area contributed by atoms with Gasteiger partial charge in [-0.15, -0.1) is 0 Å². The monoisotopic (exact) mass is 210 g/mol. The number of rotatable bonds is 3. The molecular formula is C7H14O5S. The van der Waals surface area contributed by atoms with E-state index >= 15 is 0 Å². The molecule has 1 unspecified atom stereocenters. The van der Waals surface area contributed by atoms with Gasteiger partial charge in [-0.2, -0.15) is 8.42 Å². The Bertz CT molecular complexity index is 269. The molecule has 0 aromatic heterocycles. The fraction of sp³-hybridized carbons (Fsp3) is 1.00. The van der Waals surface area contributed by atoms with Crippen LogP contribution in [-0.4, -0.2) is 32.9 Å². The van der Waals surface area contributed by atoms with Crippen LogP contribution in [0.4, 0.5) is 0 Å². The molecule has 0 saturated carbocycles. The summed E-state index contributed by atoms with van der Waals surface area (Å²) in [7, 11) is -3.46. The van der Waals surface area contributed by atoms with Gasteiger partial charge in [0.15, 0.2) is 5.79 Å². The Balaban J connectivity index is 2.50. The van der Waals surface area contributed by atoms with Gasteiger partial charge in [-0.1, -0.05) is 0 Å². The molecule has 1 aliphatic heterocycles. The number of ether oxygens (including phenoxy) is 2. The molecule has 78 valence electrons. The van der Waals surface area contributed by atoms with Gasteiger partial charge in [-0.3, -0.25) is 0 Å². The van der Waals surface area contributed by atoms with Crippen molar-refractivity contribution in [1.82, 2.24) is 0 Å². The summed E-state index contributed by atoms with van der Waals surface area (Å²) in [5.74, 6) is -0.818. The zero-order valence-electron chi connectivity index (χ0n) is 7.94. The number of hydrogen-bond donors (Lipinski definition) is 0. The van der Waals surface area contributed by atoms with E-state index in [1.54, 1.807) is 13.8 Å². The van der Waals surface area contributed by atoms with Gasteiger partial charge in [0.2, 0.25) is 6.29 Å². The zero-order valence-corrected chi connectivity index (χ0v) is 8.76. The molecule has 1 fully saturated rings. The first-order chi connectivity index (χ1) is 5.85. The first-order valence-corrected chi connectivity index (χ1v) is 5.65. The Kier molecular flexibility index (Phi) is 2.96. The van der Waals surface area contributed by atoms with Crippen LogP contribution in [0.3, 0.4) is 0 Å². The lowest BCUT2D eigenvalue weighted by Gasteiger charge is -2.16. The van der Waals surface area contributed by atoms with Crippen molar-refractivity contribution in [3.8, 4) is 0 Å². The van der Waals surface area contributed by atoms with Crippen molar-refractivity contribution in [3.63, 3.8) is 0 Å². The smallest absolute Gasteiger partial charge is 0.269 e. The summed E-state index contributed by atoms with van der Waals surface area (Å²) in [6, 6.07) is 0. The average molecular weight is 210 g/mol. The summed E-state index contributed by atoms with van der Waals surface area (Å²) in [5.41, 5.74) is 0. The van der Waals surface area contributed by atoms with Crippen molar-refractivity contribution in [1.29, 1.82) is 0 Å². The van der Waals surface area contributed by atoms with Crippen LogP contribution in [0, 0.1) is 0 Å². The van der Waals surface area contributed by atoms with Crippen molar-refractivity contribution in [2.75, 3.05) is 12.4 Å². The van der Waals surface area contributed by atoms with Gasteiger partial charge in [-0.05, 0) is 20.8 Å². The maximum Gasteiger partial charge on any atom is 0.269 e. The van der Waals surface area contributed by atoms with E-state index in [2.05, 4.69) is 0 Å². The largest absolute Gasteiger partial charge is 0.345 e. The van der Waals surface area contributed by atoms with Crippen molar-refractivity contribution >= 4 is 10.1 Å². The predicted octanol–water partition coefficient (Wildman–Crippen LogP) is 0.462. The Morgan fingerprint density at radius 3 is 2.54 bits per heavy atom. The van der Waals surface area contributed by atoms with Gasteiger partial charge in [0.05, 0.1) is 5.75 Å². The van der Waals surface area contributed by atoms with Crippen LogP contribution in [0.2, 0.25) is 0 Å². The van der Waals surface area contributed by atoms with Gasteiger partial charge in [0.25, 0.3) is 10.1 Å². The summed E-state index contributed by atoms with van der Waals surface area (Å²) in [4.78, 5) is 0. The first kappa shape index (κ1) is 10.9. The van der Waals surface area contributed by atoms with E-state index in [0.717, 1.165) is 0 Å². The minimum Gasteiger partial charge on any atom is -0.345 e. The number of hydrogen-bond acceptors (Lipinski definition) is 5. The van der Waals surface area contributed by atoms with Gasteiger partial charge < -0.3 is 9.47 Å². The molecule has 1 heterocycles. The van der Waals surface area contributed by atoms with Gasteiger partial charge >= 0.3 is 0 Å². The molecule has 0 aliphatic carbocycles. The average Bonchev–Trinajstić information content (AvgIpc) is 2.29. The minimum atomic E-state index is -3.46. The predicted molar refractivity (Wildman–Crippen MR) is 45.4 cm³/mol. The fourth-order valence-corrected chi connectivity index (χ4v) is 1.49. The Morgan fingerprint density at radius 2 is 2.15 bits per heavy atom. The summed E-state index contributed by atoms with van der Waals surface area (Å²) in [6.45, 7) is 5.06. The van der Waals surface area contributed by atoms with Gasteiger partial charge in [-0.25, -0.2) is 4.18 Å². The lowest BCUT2D eigenvalue weighted by atomic mass is 10.4. The molecule has 0 radical (unpaired) electrons. The van der Waals surface area contributed by atoms with Crippen LogP contribution < -0.4 is 0 Å². The van der Waals surface area contributed by atoms with Crippen molar-refractivity contribution in [3.05, 3.63) is 0 Å². The maximum absolute atomic E-state index is 11.0. The van der Waals surface area contributed by atoms with Crippen molar-refractivity contribution < 1.29 is 22.1 Å². The molecule has 0 bridgehead atoms. The highest BCUT2D eigenvalue weighted by molar-refractivity contribution is 7.86. The van der Waals surface area contributed by atoms with E-state index in [1.165, 1.54) is 6.92 Å². The van der Waals surface area contributed by atoms with E-state index in [0.29, 0.717) is 0 Å². The van der Waals surface area contributed by atoms with Crippen molar-refractivity contribution in [2.45, 2.75) is 32.8 Å². The van der Waals surface area contributed by atoms with Crippen LogP contribution in [0.5, 0.6) is 0 Å². The third-order valence-corrected chi connectivity index (χ3v) is 2.80. The highest BCUT2D eigenvalue weighted by Gasteiger charge is 2.35. The van der Waals surface area contributed by atoms with E-state index in [1.807, 2.05) is 0 Å². The Labute approximate surface area is 78.1 Å². The molecule has 5 nitrogen and oxygen atoms in total. The summed E-state index contributed by atoms with van der Waals surface area (Å²) in [6.07, 6.45) is -0.806. The third kappa shape index (κ3) is 3.22. The molecular weight excluding hydrogens is 196 g/mol. The minimum absolute atomic E-state index is 0.0622. The molecule has 0 spiro atoms.